The van der Waals surface area contributed by atoms with Crippen molar-refractivity contribution in [3.05, 3.63) is 29.8 Å². The van der Waals surface area contributed by atoms with Gasteiger partial charge in [-0.1, -0.05) is 13.8 Å². The average Bonchev–Trinajstić information content (AvgIpc) is 2.45. The number of nitrogens with one attached hydrogen (secondary N) is 1. The van der Waals surface area contributed by atoms with Gasteiger partial charge in [0.25, 0.3) is 0 Å². The first-order valence-electron chi connectivity index (χ1n) is 7.14. The molecule has 1 aromatic carbocycles. The van der Waals surface area contributed by atoms with Gasteiger partial charge in [-0.15, -0.1) is 0 Å². The van der Waals surface area contributed by atoms with Crippen LogP contribution in [-0.2, 0) is 9.53 Å². The van der Waals surface area contributed by atoms with E-state index in [0.717, 1.165) is 6.42 Å². The molecule has 1 amide bonds. The van der Waals surface area contributed by atoms with Crippen LogP contribution < -0.4 is 11.1 Å². The Kier molecular flexibility index (Phi) is 6.88. The van der Waals surface area contributed by atoms with E-state index < -0.39 is 5.97 Å². The lowest BCUT2D eigenvalue weighted by atomic mass is 9.94. The van der Waals surface area contributed by atoms with E-state index in [4.69, 9.17) is 5.73 Å². The van der Waals surface area contributed by atoms with Crippen molar-refractivity contribution >= 4 is 17.6 Å². The molecule has 1 unspecified atom stereocenters. The molecule has 0 aromatic heterocycles. The first-order chi connectivity index (χ1) is 9.96. The minimum Gasteiger partial charge on any atom is -0.465 e. The summed E-state index contributed by atoms with van der Waals surface area (Å²) in [5, 5.41) is 2.82. The summed E-state index contributed by atoms with van der Waals surface area (Å²) >= 11 is 0. The number of amides is 1. The molecule has 3 N–H and O–H groups in total. The summed E-state index contributed by atoms with van der Waals surface area (Å²) in [6.07, 6.45) is 1.35. The maximum Gasteiger partial charge on any atom is 0.337 e. The first kappa shape index (κ1) is 17.2. The summed E-state index contributed by atoms with van der Waals surface area (Å²) in [4.78, 5) is 23.3. The number of nitrogens with two attached hydrogens (primary N) is 1. The normalized spacial score (nSPS) is 12.0. The van der Waals surface area contributed by atoms with Crippen LogP contribution in [0.3, 0.4) is 0 Å². The van der Waals surface area contributed by atoms with Gasteiger partial charge in [0.1, 0.15) is 0 Å². The molecule has 1 aromatic rings. The predicted molar refractivity (Wildman–Crippen MR) is 83.0 cm³/mol. The summed E-state index contributed by atoms with van der Waals surface area (Å²) in [5.74, 6) is 0.259. The molecule has 0 bridgehead atoms. The number of benzene rings is 1. The van der Waals surface area contributed by atoms with Crippen molar-refractivity contribution in [1.82, 2.24) is 0 Å². The third kappa shape index (κ3) is 5.95. The number of carbonyl (C=O) groups excluding carboxylic acids is 2. The molecule has 21 heavy (non-hydrogen) atoms. The largest absolute Gasteiger partial charge is 0.465 e. The van der Waals surface area contributed by atoms with E-state index in [0.29, 0.717) is 30.1 Å². The second-order valence-electron chi connectivity index (χ2n) is 5.55. The number of carbonyl (C=O) groups is 2. The van der Waals surface area contributed by atoms with Crippen LogP contribution in [0.25, 0.3) is 0 Å². The summed E-state index contributed by atoms with van der Waals surface area (Å²) in [5.41, 5.74) is 6.81. The summed E-state index contributed by atoms with van der Waals surface area (Å²) in [6.45, 7) is 4.74. The van der Waals surface area contributed by atoms with Gasteiger partial charge in [0.2, 0.25) is 5.91 Å². The minimum atomic E-state index is -0.395. The minimum absolute atomic E-state index is 0.0584. The molecule has 0 aliphatic rings. The number of ether oxygens (including phenoxy) is 1. The van der Waals surface area contributed by atoms with Crippen LogP contribution in [0.5, 0.6) is 0 Å². The van der Waals surface area contributed by atoms with E-state index in [1.165, 1.54) is 7.11 Å². The summed E-state index contributed by atoms with van der Waals surface area (Å²) < 4.78 is 4.62. The predicted octanol–water partition coefficient (Wildman–Crippen LogP) is 2.42. The van der Waals surface area contributed by atoms with Gasteiger partial charge < -0.3 is 15.8 Å². The van der Waals surface area contributed by atoms with E-state index in [2.05, 4.69) is 23.9 Å². The molecule has 0 aliphatic carbocycles. The molecule has 0 heterocycles. The van der Waals surface area contributed by atoms with Crippen LogP contribution in [0.15, 0.2) is 24.3 Å². The quantitative estimate of drug-likeness (QED) is 0.756. The third-order valence-corrected chi connectivity index (χ3v) is 3.20. The molecule has 5 heteroatoms. The molecule has 0 saturated carbocycles. The van der Waals surface area contributed by atoms with Gasteiger partial charge >= 0.3 is 5.97 Å². The Bertz CT molecular complexity index is 469. The highest BCUT2D eigenvalue weighted by atomic mass is 16.5. The van der Waals surface area contributed by atoms with Crippen molar-refractivity contribution in [2.75, 3.05) is 19.0 Å². The molecule has 0 spiro atoms. The van der Waals surface area contributed by atoms with Crippen molar-refractivity contribution in [3.8, 4) is 0 Å². The highest BCUT2D eigenvalue weighted by molar-refractivity contribution is 5.93. The smallest absolute Gasteiger partial charge is 0.337 e. The molecule has 5 nitrogen and oxygen atoms in total. The Labute approximate surface area is 125 Å². The van der Waals surface area contributed by atoms with Gasteiger partial charge in [-0.25, -0.2) is 4.79 Å². The van der Waals surface area contributed by atoms with Crippen LogP contribution in [-0.4, -0.2) is 25.5 Å². The Balaban J connectivity index is 2.56. The van der Waals surface area contributed by atoms with Crippen molar-refractivity contribution in [1.29, 1.82) is 0 Å². The van der Waals surface area contributed by atoms with E-state index in [1.807, 2.05) is 0 Å². The zero-order valence-corrected chi connectivity index (χ0v) is 12.9. The SMILES string of the molecule is COC(=O)c1ccc(NC(=O)CC(CN)CC(C)C)cc1. The maximum atomic E-state index is 12.0. The fraction of sp³-hybridized carbons (Fsp3) is 0.500. The molecule has 0 radical (unpaired) electrons. The molecule has 0 fully saturated rings. The zero-order chi connectivity index (χ0) is 15.8. The standard InChI is InChI=1S/C16H24N2O3/c1-11(2)8-12(10-17)9-15(19)18-14-6-4-13(5-7-14)16(20)21-3/h4-7,11-12H,8-10,17H2,1-3H3,(H,18,19). The number of esters is 1. The third-order valence-electron chi connectivity index (χ3n) is 3.20. The monoisotopic (exact) mass is 292 g/mol. The van der Waals surface area contributed by atoms with Crippen LogP contribution in [0.4, 0.5) is 5.69 Å². The van der Waals surface area contributed by atoms with Gasteiger partial charge in [0.15, 0.2) is 0 Å². The lowest BCUT2D eigenvalue weighted by Gasteiger charge is -2.16. The van der Waals surface area contributed by atoms with E-state index >= 15 is 0 Å². The van der Waals surface area contributed by atoms with Crippen molar-refractivity contribution in [2.45, 2.75) is 26.7 Å². The highest BCUT2D eigenvalue weighted by Gasteiger charge is 2.14. The fourth-order valence-electron chi connectivity index (χ4n) is 2.21. The Morgan fingerprint density at radius 3 is 2.33 bits per heavy atom. The number of anilines is 1. The zero-order valence-electron chi connectivity index (χ0n) is 12.9. The first-order valence-corrected chi connectivity index (χ1v) is 7.14. The maximum absolute atomic E-state index is 12.0. The van der Waals surface area contributed by atoms with E-state index in [1.54, 1.807) is 24.3 Å². The molecule has 0 aliphatic heterocycles. The molecule has 116 valence electrons. The van der Waals surface area contributed by atoms with Gasteiger partial charge in [-0.2, -0.15) is 0 Å². The number of methoxy groups -OCH3 is 1. The van der Waals surface area contributed by atoms with Gasteiger partial charge in [0, 0.05) is 12.1 Å². The topological polar surface area (TPSA) is 81.4 Å². The molecule has 0 saturated heterocycles. The average molecular weight is 292 g/mol. The lowest BCUT2D eigenvalue weighted by Crippen LogP contribution is -2.23. The lowest BCUT2D eigenvalue weighted by molar-refractivity contribution is -0.117. The fourth-order valence-corrected chi connectivity index (χ4v) is 2.21. The van der Waals surface area contributed by atoms with Crippen LogP contribution in [0.1, 0.15) is 37.0 Å². The van der Waals surface area contributed by atoms with Gasteiger partial charge in [-0.05, 0) is 49.1 Å². The summed E-state index contributed by atoms with van der Waals surface area (Å²) in [7, 11) is 1.33. The van der Waals surface area contributed by atoms with Gasteiger partial charge in [0.05, 0.1) is 12.7 Å². The van der Waals surface area contributed by atoms with Crippen LogP contribution in [0.2, 0.25) is 0 Å². The summed E-state index contributed by atoms with van der Waals surface area (Å²) in [6, 6.07) is 6.61. The Morgan fingerprint density at radius 2 is 1.86 bits per heavy atom. The van der Waals surface area contributed by atoms with Crippen LogP contribution >= 0.6 is 0 Å². The molecule has 1 atom stereocenters. The molecular weight excluding hydrogens is 268 g/mol. The molecular formula is C16H24N2O3. The van der Waals surface area contributed by atoms with Crippen molar-refractivity contribution < 1.29 is 14.3 Å². The van der Waals surface area contributed by atoms with Gasteiger partial charge in [-0.3, -0.25) is 4.79 Å². The highest BCUT2D eigenvalue weighted by Crippen LogP contribution is 2.16. The van der Waals surface area contributed by atoms with Crippen LogP contribution in [0, 0.1) is 11.8 Å². The molecule has 1 rings (SSSR count). The second-order valence-corrected chi connectivity index (χ2v) is 5.55. The van der Waals surface area contributed by atoms with Crippen molar-refractivity contribution in [2.24, 2.45) is 17.6 Å². The second kappa shape index (κ2) is 8.42. The Hall–Kier alpha value is -1.88. The van der Waals surface area contributed by atoms with Crippen molar-refractivity contribution in [3.63, 3.8) is 0 Å². The number of rotatable bonds is 7. The number of hydrogen-bond acceptors (Lipinski definition) is 4. The Morgan fingerprint density at radius 1 is 1.24 bits per heavy atom. The van der Waals surface area contributed by atoms with E-state index in [-0.39, 0.29) is 11.8 Å². The van der Waals surface area contributed by atoms with E-state index in [9.17, 15) is 9.59 Å². The number of hydrogen-bond donors (Lipinski definition) is 2.